The molecule has 2 aliphatic rings. The average molecular weight is 420 g/mol. The summed E-state index contributed by atoms with van der Waals surface area (Å²) in [6.45, 7) is 6.16. The van der Waals surface area contributed by atoms with E-state index < -0.39 is 5.97 Å². The lowest BCUT2D eigenvalue weighted by Crippen LogP contribution is -2.31. The maximum absolute atomic E-state index is 11.2. The lowest BCUT2D eigenvalue weighted by atomic mass is 9.89. The van der Waals surface area contributed by atoms with E-state index >= 15 is 0 Å². The van der Waals surface area contributed by atoms with E-state index in [0.717, 1.165) is 49.4 Å². The van der Waals surface area contributed by atoms with Crippen LogP contribution in [0.2, 0.25) is 0 Å². The predicted octanol–water partition coefficient (Wildman–Crippen LogP) is 5.00. The van der Waals surface area contributed by atoms with Crippen molar-refractivity contribution in [3.63, 3.8) is 0 Å². The van der Waals surface area contributed by atoms with Gasteiger partial charge in [-0.2, -0.15) is 0 Å². The third-order valence-corrected chi connectivity index (χ3v) is 6.35. The fourth-order valence-electron chi connectivity index (χ4n) is 4.09. The molecule has 1 saturated heterocycles. The first kappa shape index (κ1) is 20.9. The Bertz CT molecular complexity index is 880. The molecule has 0 bridgehead atoms. The molecule has 0 amide bonds. The van der Waals surface area contributed by atoms with Crippen LogP contribution in [0, 0.1) is 0 Å². The second-order valence-electron chi connectivity index (χ2n) is 7.28. The molecule has 28 heavy (non-hydrogen) atoms. The molecule has 1 aromatic heterocycles. The molecule has 0 atom stereocenters. The number of thiophene rings is 1. The smallest absolute Gasteiger partial charge is 0.307 e. The SMILES string of the molecule is CCCN1CCC(=C2c3cc(CC(=O)O)ccc3OCc3ccsc32)CC1.Cl. The fourth-order valence-corrected chi connectivity index (χ4v) is 5.11. The second kappa shape index (κ2) is 9.12. The number of carboxylic acid groups (broad SMARTS) is 1. The van der Waals surface area contributed by atoms with Gasteiger partial charge >= 0.3 is 5.97 Å². The van der Waals surface area contributed by atoms with Gasteiger partial charge in [-0.05, 0) is 54.9 Å². The first-order valence-electron chi connectivity index (χ1n) is 9.64. The minimum atomic E-state index is -0.802. The Morgan fingerprint density at radius 1 is 1.25 bits per heavy atom. The van der Waals surface area contributed by atoms with Crippen LogP contribution in [0.1, 0.15) is 47.8 Å². The highest BCUT2D eigenvalue weighted by Gasteiger charge is 2.26. The third-order valence-electron chi connectivity index (χ3n) is 5.38. The quantitative estimate of drug-likeness (QED) is 0.757. The van der Waals surface area contributed by atoms with Gasteiger partial charge in [0.1, 0.15) is 12.4 Å². The molecule has 0 saturated carbocycles. The van der Waals surface area contributed by atoms with Crippen molar-refractivity contribution in [3.05, 3.63) is 56.8 Å². The number of hydrogen-bond donors (Lipinski definition) is 1. The summed E-state index contributed by atoms with van der Waals surface area (Å²) in [7, 11) is 0. The number of aliphatic carboxylic acids is 1. The fraction of sp³-hybridized carbons (Fsp3) is 0.409. The summed E-state index contributed by atoms with van der Waals surface area (Å²) in [4.78, 5) is 15.0. The van der Waals surface area contributed by atoms with E-state index in [1.54, 1.807) is 11.3 Å². The van der Waals surface area contributed by atoms with Crippen LogP contribution in [0.5, 0.6) is 5.75 Å². The molecule has 0 spiro atoms. The van der Waals surface area contributed by atoms with Crippen LogP contribution in [0.3, 0.4) is 0 Å². The van der Waals surface area contributed by atoms with Gasteiger partial charge in [0, 0.05) is 34.7 Å². The highest BCUT2D eigenvalue weighted by Crippen LogP contribution is 2.43. The minimum Gasteiger partial charge on any atom is -0.488 e. The maximum Gasteiger partial charge on any atom is 0.307 e. The molecule has 6 heteroatoms. The molecule has 1 N–H and O–H groups in total. The molecule has 1 aromatic carbocycles. The number of carboxylic acids is 1. The summed E-state index contributed by atoms with van der Waals surface area (Å²) in [5.41, 5.74) is 5.89. The Labute approximate surface area is 176 Å². The summed E-state index contributed by atoms with van der Waals surface area (Å²) < 4.78 is 6.09. The van der Waals surface area contributed by atoms with Gasteiger partial charge in [-0.15, -0.1) is 23.7 Å². The van der Waals surface area contributed by atoms with E-state index in [9.17, 15) is 9.90 Å². The van der Waals surface area contributed by atoms with E-state index in [4.69, 9.17) is 4.74 Å². The first-order valence-corrected chi connectivity index (χ1v) is 10.5. The molecule has 0 aliphatic carbocycles. The average Bonchev–Trinajstić information content (AvgIpc) is 3.05. The van der Waals surface area contributed by atoms with Crippen molar-refractivity contribution >= 4 is 35.3 Å². The molecule has 150 valence electrons. The van der Waals surface area contributed by atoms with E-state index in [-0.39, 0.29) is 18.8 Å². The highest BCUT2D eigenvalue weighted by atomic mass is 35.5. The Morgan fingerprint density at radius 3 is 2.75 bits per heavy atom. The third kappa shape index (κ3) is 4.27. The maximum atomic E-state index is 11.2. The van der Waals surface area contributed by atoms with Crippen LogP contribution in [0.15, 0.2) is 35.2 Å². The van der Waals surface area contributed by atoms with Gasteiger partial charge in [0.2, 0.25) is 0 Å². The Kier molecular flexibility index (Phi) is 6.81. The van der Waals surface area contributed by atoms with Crippen LogP contribution in [-0.2, 0) is 17.8 Å². The lowest BCUT2D eigenvalue weighted by molar-refractivity contribution is -0.136. The Balaban J connectivity index is 0.00000225. The van der Waals surface area contributed by atoms with Gasteiger partial charge < -0.3 is 14.7 Å². The van der Waals surface area contributed by atoms with Crippen molar-refractivity contribution in [3.8, 4) is 5.75 Å². The van der Waals surface area contributed by atoms with Crippen LogP contribution in [-0.4, -0.2) is 35.6 Å². The molecular weight excluding hydrogens is 394 g/mol. The number of fused-ring (bicyclic) bond motifs is 2. The molecule has 2 aromatic rings. The normalized spacial score (nSPS) is 16.5. The summed E-state index contributed by atoms with van der Waals surface area (Å²) in [5.74, 6) is 0.0643. The van der Waals surface area contributed by atoms with Gasteiger partial charge in [-0.25, -0.2) is 0 Å². The molecule has 4 nitrogen and oxygen atoms in total. The van der Waals surface area contributed by atoms with Crippen molar-refractivity contribution < 1.29 is 14.6 Å². The van der Waals surface area contributed by atoms with Gasteiger partial charge in [0.05, 0.1) is 6.42 Å². The van der Waals surface area contributed by atoms with Crippen molar-refractivity contribution in [1.29, 1.82) is 0 Å². The van der Waals surface area contributed by atoms with Crippen LogP contribution in [0.25, 0.3) is 5.57 Å². The van der Waals surface area contributed by atoms with Crippen molar-refractivity contribution in [1.82, 2.24) is 4.90 Å². The van der Waals surface area contributed by atoms with Gasteiger partial charge in [-0.1, -0.05) is 18.6 Å². The van der Waals surface area contributed by atoms with E-state index in [2.05, 4.69) is 23.3 Å². The van der Waals surface area contributed by atoms with Crippen LogP contribution in [0.4, 0.5) is 0 Å². The molecule has 0 unspecified atom stereocenters. The van der Waals surface area contributed by atoms with Crippen LogP contribution >= 0.6 is 23.7 Å². The molecule has 1 fully saturated rings. The number of halogens is 1. The van der Waals surface area contributed by atoms with E-state index in [0.29, 0.717) is 6.61 Å². The van der Waals surface area contributed by atoms with E-state index in [1.165, 1.54) is 28.0 Å². The monoisotopic (exact) mass is 419 g/mol. The van der Waals surface area contributed by atoms with Crippen molar-refractivity contribution in [2.24, 2.45) is 0 Å². The second-order valence-corrected chi connectivity index (χ2v) is 8.20. The number of ether oxygens (including phenoxy) is 1. The molecular formula is C22H26ClNO3S. The minimum absolute atomic E-state index is 0. The summed E-state index contributed by atoms with van der Waals surface area (Å²) in [5, 5.41) is 11.3. The summed E-state index contributed by atoms with van der Waals surface area (Å²) >= 11 is 1.77. The number of piperidine rings is 1. The number of likely N-dealkylation sites (tertiary alicyclic amines) is 1. The number of carbonyl (C=O) groups is 1. The van der Waals surface area contributed by atoms with Gasteiger partial charge in [-0.3, -0.25) is 4.79 Å². The zero-order valence-electron chi connectivity index (χ0n) is 16.1. The summed E-state index contributed by atoms with van der Waals surface area (Å²) in [6.07, 6.45) is 3.36. The number of benzene rings is 1. The highest BCUT2D eigenvalue weighted by molar-refractivity contribution is 7.11. The molecule has 4 rings (SSSR count). The number of hydrogen-bond acceptors (Lipinski definition) is 4. The number of nitrogens with zero attached hydrogens (tertiary/aromatic N) is 1. The van der Waals surface area contributed by atoms with E-state index in [1.807, 2.05) is 18.2 Å². The van der Waals surface area contributed by atoms with Crippen molar-refractivity contribution in [2.75, 3.05) is 19.6 Å². The lowest BCUT2D eigenvalue weighted by Gasteiger charge is -2.29. The number of rotatable bonds is 4. The Morgan fingerprint density at radius 2 is 2.04 bits per heavy atom. The van der Waals surface area contributed by atoms with Crippen molar-refractivity contribution in [2.45, 2.75) is 39.2 Å². The standard InChI is InChI=1S/C22H25NO3S.ClH/c1-2-8-23-9-5-16(6-10-23)21-18-12-15(13-20(24)25)3-4-19(18)26-14-17-7-11-27-22(17)21;/h3-4,7,11-12H,2,5-6,8-10,13-14H2,1H3,(H,24,25);1H. The summed E-state index contributed by atoms with van der Waals surface area (Å²) in [6, 6.07) is 7.99. The molecule has 2 aliphatic heterocycles. The van der Waals surface area contributed by atoms with Gasteiger partial charge in [0.25, 0.3) is 0 Å². The molecule has 3 heterocycles. The van der Waals surface area contributed by atoms with Crippen LogP contribution < -0.4 is 4.74 Å². The Hall–Kier alpha value is -1.82. The predicted molar refractivity (Wildman–Crippen MR) is 116 cm³/mol. The topological polar surface area (TPSA) is 49.8 Å². The molecule has 0 radical (unpaired) electrons. The zero-order valence-corrected chi connectivity index (χ0v) is 17.7. The largest absolute Gasteiger partial charge is 0.488 e. The first-order chi connectivity index (χ1) is 13.2. The van der Waals surface area contributed by atoms with Gasteiger partial charge in [0.15, 0.2) is 0 Å². The zero-order chi connectivity index (χ0) is 18.8.